The maximum Gasteiger partial charge on any atom is 0.243 e. The zero-order valence-electron chi connectivity index (χ0n) is 22.3. The Bertz CT molecular complexity index is 706. The molecule has 0 rings (SSSR count). The Morgan fingerprint density at radius 3 is 1.23 bits per heavy atom. The van der Waals surface area contributed by atoms with Crippen LogP contribution in [0.4, 0.5) is 0 Å². The first kappa shape index (κ1) is 37.2. The molecule has 11 heteroatoms. The summed E-state index contributed by atoms with van der Waals surface area (Å²) in [5.74, 6) is -0.185. The van der Waals surface area contributed by atoms with Crippen LogP contribution in [0.1, 0.15) is 25.7 Å². The molecule has 0 aliphatic carbocycles. The molecule has 0 fully saturated rings. The lowest BCUT2D eigenvalue weighted by Crippen LogP contribution is -2.34. The van der Waals surface area contributed by atoms with Crippen LogP contribution in [0, 0.1) is 0 Å². The first-order valence-corrected chi connectivity index (χ1v) is 12.6. The van der Waals surface area contributed by atoms with Crippen molar-refractivity contribution >= 4 is 22.2 Å². The van der Waals surface area contributed by atoms with E-state index in [2.05, 4.69) is 90.4 Å². The molecule has 204 valence electrons. The van der Waals surface area contributed by atoms with Gasteiger partial charge in [-0.25, -0.2) is 0 Å². The molecule has 2 N–H and O–H groups in total. The predicted molar refractivity (Wildman–Crippen MR) is 139 cm³/mol. The van der Waals surface area contributed by atoms with Crippen molar-refractivity contribution in [3.63, 3.8) is 0 Å². The first-order valence-electron chi connectivity index (χ1n) is 11.3. The molecule has 0 saturated heterocycles. The first-order chi connectivity index (χ1) is 15.9. The van der Waals surface area contributed by atoms with Crippen LogP contribution in [0.5, 0.6) is 0 Å². The maximum absolute atomic E-state index is 10.8. The van der Waals surface area contributed by atoms with Crippen molar-refractivity contribution in [2.45, 2.75) is 25.7 Å². The molecule has 0 spiro atoms. The summed E-state index contributed by atoms with van der Waals surface area (Å²) in [6.07, 6.45) is 15.3. The van der Waals surface area contributed by atoms with Crippen LogP contribution in [-0.4, -0.2) is 107 Å². The zero-order chi connectivity index (χ0) is 28.0. The summed E-state index contributed by atoms with van der Waals surface area (Å²) in [6, 6.07) is 0. The van der Waals surface area contributed by atoms with Crippen LogP contribution in [0.2, 0.25) is 0 Å². The molecule has 0 radical (unpaired) electrons. The number of carbonyl (C=O) groups is 2. The Morgan fingerprint density at radius 2 is 1.00 bits per heavy atom. The highest BCUT2D eigenvalue weighted by molar-refractivity contribution is 7.79. The number of allylic oxidation sites excluding steroid dienone is 2. The number of unbranched alkanes of at least 4 members (excludes halogenated alkanes) is 2. The van der Waals surface area contributed by atoms with E-state index in [1.165, 1.54) is 12.2 Å². The second-order valence-electron chi connectivity index (χ2n) is 9.57. The van der Waals surface area contributed by atoms with Gasteiger partial charge in [0.1, 0.15) is 0 Å². The topological polar surface area (TPSA) is 138 Å². The van der Waals surface area contributed by atoms with Gasteiger partial charge in [-0.05, 0) is 50.0 Å². The van der Waals surface area contributed by atoms with Crippen molar-refractivity contribution in [1.82, 2.24) is 10.6 Å². The molecular formula is C24H46N4O6S. The van der Waals surface area contributed by atoms with Crippen molar-refractivity contribution in [3.8, 4) is 0 Å². The summed E-state index contributed by atoms with van der Waals surface area (Å²) >= 11 is 0. The largest absolute Gasteiger partial charge is 0.759 e. The van der Waals surface area contributed by atoms with Gasteiger partial charge in [-0.15, -0.1) is 0 Å². The van der Waals surface area contributed by atoms with Gasteiger partial charge in [0, 0.05) is 23.5 Å². The molecule has 0 aliphatic heterocycles. The molecule has 0 bridgehead atoms. The van der Waals surface area contributed by atoms with Gasteiger partial charge in [-0.2, -0.15) is 0 Å². The van der Waals surface area contributed by atoms with E-state index in [0.717, 1.165) is 60.8 Å². The van der Waals surface area contributed by atoms with E-state index in [-0.39, 0.29) is 11.8 Å². The van der Waals surface area contributed by atoms with Crippen molar-refractivity contribution in [2.24, 2.45) is 0 Å². The van der Waals surface area contributed by atoms with Crippen LogP contribution in [0.15, 0.2) is 49.6 Å². The number of hydrogen-bond acceptors (Lipinski definition) is 6. The molecule has 10 nitrogen and oxygen atoms in total. The minimum atomic E-state index is -5.17. The predicted octanol–water partition coefficient (Wildman–Crippen LogP) is 1.32. The van der Waals surface area contributed by atoms with E-state index in [0.29, 0.717) is 0 Å². The van der Waals surface area contributed by atoms with Gasteiger partial charge in [0.2, 0.25) is 11.8 Å². The molecule has 0 aromatic carbocycles. The highest BCUT2D eigenvalue weighted by atomic mass is 32.3. The van der Waals surface area contributed by atoms with E-state index >= 15 is 0 Å². The Labute approximate surface area is 212 Å². The van der Waals surface area contributed by atoms with Crippen LogP contribution in [-0.2, 0) is 20.0 Å². The summed E-state index contributed by atoms with van der Waals surface area (Å²) in [6.45, 7) is 10.3. The van der Waals surface area contributed by atoms with Gasteiger partial charge in [-0.3, -0.25) is 18.0 Å². The van der Waals surface area contributed by atoms with Gasteiger partial charge in [-0.1, -0.05) is 25.3 Å². The Morgan fingerprint density at radius 1 is 0.714 bits per heavy atom. The highest BCUT2D eigenvalue weighted by Crippen LogP contribution is 1.95. The van der Waals surface area contributed by atoms with Crippen molar-refractivity contribution in [1.29, 1.82) is 0 Å². The fraction of sp³-hybridized carbons (Fsp3) is 0.583. The molecule has 35 heavy (non-hydrogen) atoms. The van der Waals surface area contributed by atoms with Crippen molar-refractivity contribution in [3.05, 3.63) is 49.6 Å². The highest BCUT2D eigenvalue weighted by Gasteiger charge is 2.02. The molecule has 2 amide bonds. The molecule has 0 aliphatic rings. The number of nitrogens with zero attached hydrogens (tertiary/aromatic N) is 2. The Hall–Kier alpha value is -2.31. The van der Waals surface area contributed by atoms with Gasteiger partial charge >= 0.3 is 0 Å². The van der Waals surface area contributed by atoms with Crippen molar-refractivity contribution < 1.29 is 36.1 Å². The molecule has 0 aromatic heterocycles. The zero-order valence-corrected chi connectivity index (χ0v) is 23.1. The fourth-order valence-electron chi connectivity index (χ4n) is 2.02. The summed E-state index contributed by atoms with van der Waals surface area (Å²) in [7, 11) is 7.80. The SMILES string of the molecule is C=CC(=O)NCCCC=CC[N+](C)(C)C.C=CC(=O)NCCCC=CC[N+](C)(C)C.O=S(=O)([O-])[O-]. The third-order valence-corrected chi connectivity index (χ3v) is 3.70. The minimum Gasteiger partial charge on any atom is -0.759 e. The summed E-state index contributed by atoms with van der Waals surface area (Å²) in [5, 5.41) is 5.49. The number of nitrogens with one attached hydrogen (secondary N) is 2. The number of quaternary nitrogens is 2. The lowest BCUT2D eigenvalue weighted by molar-refractivity contribution is -0.864. The molecule has 0 atom stereocenters. The molecular weight excluding hydrogens is 472 g/mol. The molecule has 0 heterocycles. The van der Waals surface area contributed by atoms with Crippen LogP contribution >= 0.6 is 0 Å². The van der Waals surface area contributed by atoms with Crippen molar-refractivity contribution in [2.75, 3.05) is 68.5 Å². The maximum atomic E-state index is 10.8. The average molecular weight is 519 g/mol. The van der Waals surface area contributed by atoms with Gasteiger partial charge in [0.15, 0.2) is 0 Å². The third kappa shape index (κ3) is 49.8. The quantitative estimate of drug-likeness (QED) is 0.0888. The van der Waals surface area contributed by atoms with Crippen LogP contribution in [0.3, 0.4) is 0 Å². The standard InChI is InChI=1S/2C12H22N2O.H2O4S/c2*1-5-12(15)13-10-8-6-7-9-11-14(2,3)4;1-5(2,3)4/h2*5,7,9H,1,6,8,10-11H2,2-4H3;(H2,1,2,3,4). The van der Waals surface area contributed by atoms with Gasteiger partial charge in [0.05, 0.1) is 55.4 Å². The number of likely N-dealkylation sites (N-methyl/N-ethyl adjacent to an activating group) is 2. The molecule has 0 saturated carbocycles. The lowest BCUT2D eigenvalue weighted by Gasteiger charge is -2.21. The molecule has 0 aromatic rings. The van der Waals surface area contributed by atoms with Gasteiger partial charge in [0.25, 0.3) is 0 Å². The van der Waals surface area contributed by atoms with E-state index in [1.807, 2.05) is 0 Å². The summed E-state index contributed by atoms with van der Waals surface area (Å²) < 4.78 is 36.0. The number of hydrogen-bond donors (Lipinski definition) is 2. The molecule has 0 unspecified atom stereocenters. The smallest absolute Gasteiger partial charge is 0.243 e. The number of carbonyl (C=O) groups excluding carboxylic acids is 2. The lowest BCUT2D eigenvalue weighted by atomic mass is 10.3. The Kier molecular flexibility index (Phi) is 22.4. The van der Waals surface area contributed by atoms with Crippen LogP contribution < -0.4 is 10.6 Å². The number of amides is 2. The number of rotatable bonds is 14. The summed E-state index contributed by atoms with van der Waals surface area (Å²) in [4.78, 5) is 21.6. The Balaban J connectivity index is -0.000000491. The second-order valence-corrected chi connectivity index (χ2v) is 10.4. The normalized spacial score (nSPS) is 11.7. The summed E-state index contributed by atoms with van der Waals surface area (Å²) in [5.41, 5.74) is 0. The van der Waals surface area contributed by atoms with Crippen LogP contribution in [0.25, 0.3) is 0 Å². The second kappa shape index (κ2) is 21.0. The minimum absolute atomic E-state index is 0.0923. The van der Waals surface area contributed by atoms with E-state index in [9.17, 15) is 9.59 Å². The van der Waals surface area contributed by atoms with E-state index in [1.54, 1.807) is 0 Å². The fourth-order valence-corrected chi connectivity index (χ4v) is 2.02. The average Bonchev–Trinajstić information content (AvgIpc) is 2.69. The third-order valence-electron chi connectivity index (χ3n) is 3.70. The van der Waals surface area contributed by atoms with E-state index in [4.69, 9.17) is 17.5 Å². The van der Waals surface area contributed by atoms with Gasteiger partial charge < -0.3 is 28.7 Å². The monoisotopic (exact) mass is 518 g/mol. The van der Waals surface area contributed by atoms with E-state index < -0.39 is 10.4 Å².